The molecule has 0 aliphatic heterocycles. The summed E-state index contributed by atoms with van der Waals surface area (Å²) in [6.45, 7) is 1.43. The van der Waals surface area contributed by atoms with E-state index < -0.39 is 10.8 Å². The Labute approximate surface area is 169 Å². The number of ether oxygens (including phenoxy) is 1. The molecule has 0 aliphatic rings. The summed E-state index contributed by atoms with van der Waals surface area (Å²) in [5, 5.41) is 16.9. The second-order valence-corrected chi connectivity index (χ2v) is 6.72. The lowest BCUT2D eigenvalue weighted by Crippen LogP contribution is -2.25. The van der Waals surface area contributed by atoms with E-state index in [0.29, 0.717) is 17.0 Å². The first-order valence-corrected chi connectivity index (χ1v) is 9.13. The molecule has 3 aromatic carbocycles. The van der Waals surface area contributed by atoms with Crippen molar-refractivity contribution in [2.75, 3.05) is 6.61 Å². The third-order valence-corrected chi connectivity index (χ3v) is 4.83. The van der Waals surface area contributed by atoms with Crippen LogP contribution in [0, 0.1) is 10.1 Å². The summed E-state index contributed by atoms with van der Waals surface area (Å²) in [6.07, 6.45) is 0. The van der Waals surface area contributed by atoms with Crippen molar-refractivity contribution < 1.29 is 14.5 Å². The number of nitrogens with one attached hydrogen (secondary N) is 1. The maximum atomic E-state index is 12.0. The fraction of sp³-hybridized carbons (Fsp3) is 0.100. The molecule has 0 saturated carbocycles. The zero-order chi connectivity index (χ0) is 20.1. The standard InChI is InChI=1S/C20H16BrN3O4/c1-13(15-6-4-7-16(11-15)24(26)27)22-23-19(25)12-28-18-10-9-14-5-2-3-8-17(14)20(18)21/h2-11H,12H2,1H3,(H,23,25). The van der Waals surface area contributed by atoms with Crippen LogP contribution >= 0.6 is 15.9 Å². The molecule has 3 aromatic rings. The van der Waals surface area contributed by atoms with Gasteiger partial charge in [-0.3, -0.25) is 14.9 Å². The second-order valence-electron chi connectivity index (χ2n) is 5.93. The van der Waals surface area contributed by atoms with Gasteiger partial charge in [-0.05, 0) is 39.7 Å². The predicted octanol–water partition coefficient (Wildman–Crippen LogP) is 4.43. The molecule has 0 bridgehead atoms. The van der Waals surface area contributed by atoms with Gasteiger partial charge in [0, 0.05) is 17.7 Å². The van der Waals surface area contributed by atoms with Gasteiger partial charge < -0.3 is 4.74 Å². The van der Waals surface area contributed by atoms with Crippen molar-refractivity contribution in [3.05, 3.63) is 80.8 Å². The quantitative estimate of drug-likeness (QED) is 0.347. The fourth-order valence-electron chi connectivity index (χ4n) is 2.56. The predicted molar refractivity (Wildman–Crippen MR) is 111 cm³/mol. The first kappa shape index (κ1) is 19.5. The van der Waals surface area contributed by atoms with E-state index in [2.05, 4.69) is 26.5 Å². The lowest BCUT2D eigenvalue weighted by Gasteiger charge is -2.10. The maximum Gasteiger partial charge on any atom is 0.277 e. The summed E-state index contributed by atoms with van der Waals surface area (Å²) in [5.74, 6) is 0.109. The summed E-state index contributed by atoms with van der Waals surface area (Å²) >= 11 is 3.50. The van der Waals surface area contributed by atoms with Crippen molar-refractivity contribution in [3.8, 4) is 5.75 Å². The summed E-state index contributed by atoms with van der Waals surface area (Å²) in [5.41, 5.74) is 3.35. The van der Waals surface area contributed by atoms with Crippen LogP contribution in [-0.2, 0) is 4.79 Å². The summed E-state index contributed by atoms with van der Waals surface area (Å²) in [4.78, 5) is 22.4. The Bertz CT molecular complexity index is 1080. The van der Waals surface area contributed by atoms with Crippen LogP contribution in [0.3, 0.4) is 0 Å². The lowest BCUT2D eigenvalue weighted by atomic mass is 10.1. The molecule has 1 amide bonds. The lowest BCUT2D eigenvalue weighted by molar-refractivity contribution is -0.384. The number of halogens is 1. The van der Waals surface area contributed by atoms with Crippen molar-refractivity contribution in [2.24, 2.45) is 5.10 Å². The van der Waals surface area contributed by atoms with Gasteiger partial charge in [0.15, 0.2) is 6.61 Å². The molecule has 0 saturated heterocycles. The minimum atomic E-state index is -0.482. The monoisotopic (exact) mass is 441 g/mol. The van der Waals surface area contributed by atoms with E-state index >= 15 is 0 Å². The maximum absolute atomic E-state index is 12.0. The summed E-state index contributed by atoms with van der Waals surface area (Å²) in [7, 11) is 0. The van der Waals surface area contributed by atoms with E-state index in [1.807, 2.05) is 30.3 Å². The van der Waals surface area contributed by atoms with Gasteiger partial charge in [0.1, 0.15) is 5.75 Å². The number of nitro benzene ring substituents is 1. The van der Waals surface area contributed by atoms with Crippen LogP contribution in [0.15, 0.2) is 70.2 Å². The van der Waals surface area contributed by atoms with E-state index in [0.717, 1.165) is 15.2 Å². The number of benzene rings is 3. The van der Waals surface area contributed by atoms with Crippen molar-refractivity contribution >= 4 is 44.0 Å². The number of fused-ring (bicyclic) bond motifs is 1. The van der Waals surface area contributed by atoms with Crippen LogP contribution in [0.1, 0.15) is 12.5 Å². The molecule has 1 N–H and O–H groups in total. The van der Waals surface area contributed by atoms with Crippen LogP contribution in [0.4, 0.5) is 5.69 Å². The van der Waals surface area contributed by atoms with Gasteiger partial charge in [0.25, 0.3) is 11.6 Å². The number of hydrazone groups is 1. The summed E-state index contributed by atoms with van der Waals surface area (Å²) < 4.78 is 6.35. The van der Waals surface area contributed by atoms with Gasteiger partial charge in [0.05, 0.1) is 15.1 Å². The number of non-ortho nitro benzene ring substituents is 1. The van der Waals surface area contributed by atoms with Gasteiger partial charge in [0.2, 0.25) is 0 Å². The normalized spacial score (nSPS) is 11.3. The Balaban J connectivity index is 1.63. The number of rotatable bonds is 6. The molecular formula is C20H16BrN3O4. The highest BCUT2D eigenvalue weighted by Gasteiger charge is 2.10. The smallest absolute Gasteiger partial charge is 0.277 e. The van der Waals surface area contributed by atoms with E-state index in [9.17, 15) is 14.9 Å². The van der Waals surface area contributed by atoms with E-state index in [1.54, 1.807) is 25.1 Å². The minimum absolute atomic E-state index is 0.0390. The Hall–Kier alpha value is -3.26. The topological polar surface area (TPSA) is 93.8 Å². The van der Waals surface area contributed by atoms with Gasteiger partial charge in [-0.15, -0.1) is 0 Å². The molecule has 0 unspecified atom stereocenters. The zero-order valence-electron chi connectivity index (χ0n) is 14.9. The Kier molecular flexibility index (Phi) is 6.00. The second kappa shape index (κ2) is 8.62. The van der Waals surface area contributed by atoms with Gasteiger partial charge >= 0.3 is 0 Å². The number of amides is 1. The van der Waals surface area contributed by atoms with Gasteiger partial charge in [-0.25, -0.2) is 5.43 Å². The van der Waals surface area contributed by atoms with Crippen LogP contribution in [0.25, 0.3) is 10.8 Å². The highest BCUT2D eigenvalue weighted by atomic mass is 79.9. The average molecular weight is 442 g/mol. The summed E-state index contributed by atoms with van der Waals surface area (Å²) in [6, 6.07) is 17.6. The number of hydrogen-bond acceptors (Lipinski definition) is 5. The molecule has 0 aliphatic carbocycles. The number of carbonyl (C=O) groups excluding carboxylic acids is 1. The number of nitro groups is 1. The number of hydrogen-bond donors (Lipinski definition) is 1. The van der Waals surface area contributed by atoms with Crippen molar-refractivity contribution in [3.63, 3.8) is 0 Å². The first-order chi connectivity index (χ1) is 13.5. The molecule has 0 aromatic heterocycles. The first-order valence-electron chi connectivity index (χ1n) is 8.33. The molecule has 0 radical (unpaired) electrons. The van der Waals surface area contributed by atoms with Gasteiger partial charge in [-0.1, -0.05) is 42.5 Å². The molecule has 0 atom stereocenters. The Morgan fingerprint density at radius 1 is 1.18 bits per heavy atom. The molecule has 0 fully saturated rings. The van der Waals surface area contributed by atoms with Crippen molar-refractivity contribution in [2.45, 2.75) is 6.92 Å². The van der Waals surface area contributed by atoms with Crippen LogP contribution < -0.4 is 10.2 Å². The Morgan fingerprint density at radius 3 is 2.75 bits per heavy atom. The van der Waals surface area contributed by atoms with Crippen LogP contribution in [0.5, 0.6) is 5.75 Å². The van der Waals surface area contributed by atoms with Gasteiger partial charge in [-0.2, -0.15) is 5.10 Å². The molecule has 28 heavy (non-hydrogen) atoms. The van der Waals surface area contributed by atoms with Crippen LogP contribution in [0.2, 0.25) is 0 Å². The van der Waals surface area contributed by atoms with E-state index in [1.165, 1.54) is 12.1 Å². The fourth-order valence-corrected chi connectivity index (χ4v) is 3.16. The van der Waals surface area contributed by atoms with E-state index in [-0.39, 0.29) is 12.3 Å². The molecule has 3 rings (SSSR count). The van der Waals surface area contributed by atoms with Crippen LogP contribution in [-0.4, -0.2) is 23.1 Å². The minimum Gasteiger partial charge on any atom is -0.483 e. The third kappa shape index (κ3) is 4.52. The number of carbonyl (C=O) groups is 1. The molecular weight excluding hydrogens is 426 g/mol. The molecule has 7 nitrogen and oxygen atoms in total. The molecule has 0 heterocycles. The average Bonchev–Trinajstić information content (AvgIpc) is 2.71. The largest absolute Gasteiger partial charge is 0.483 e. The Morgan fingerprint density at radius 2 is 1.96 bits per heavy atom. The highest BCUT2D eigenvalue weighted by Crippen LogP contribution is 2.32. The SMILES string of the molecule is CC(=NNC(=O)COc1ccc2ccccc2c1Br)c1cccc([N+](=O)[O-])c1. The molecule has 8 heteroatoms. The third-order valence-electron chi connectivity index (χ3n) is 4.01. The van der Waals surface area contributed by atoms with E-state index in [4.69, 9.17) is 4.74 Å². The molecule has 0 spiro atoms. The van der Waals surface area contributed by atoms with Crippen molar-refractivity contribution in [1.29, 1.82) is 0 Å². The van der Waals surface area contributed by atoms with Crippen molar-refractivity contribution in [1.82, 2.24) is 5.43 Å². The molecule has 142 valence electrons. The number of nitrogens with zero attached hydrogens (tertiary/aromatic N) is 2. The zero-order valence-corrected chi connectivity index (χ0v) is 16.5. The highest BCUT2D eigenvalue weighted by molar-refractivity contribution is 9.10.